The summed E-state index contributed by atoms with van der Waals surface area (Å²) in [6.07, 6.45) is 3.90. The van der Waals surface area contributed by atoms with Crippen LogP contribution in [0.15, 0.2) is 18.2 Å². The Kier molecular flexibility index (Phi) is 6.97. The molecule has 0 aliphatic heterocycles. The van der Waals surface area contributed by atoms with Gasteiger partial charge in [0.2, 0.25) is 0 Å². The molecule has 0 bridgehead atoms. The zero-order valence-electron chi connectivity index (χ0n) is 13.1. The molecule has 0 saturated carbocycles. The fourth-order valence-corrected chi connectivity index (χ4v) is 2.59. The van der Waals surface area contributed by atoms with E-state index in [4.69, 9.17) is 11.6 Å². The highest BCUT2D eigenvalue weighted by Gasteiger charge is 2.23. The maximum Gasteiger partial charge on any atom is 0.144 e. The van der Waals surface area contributed by atoms with Gasteiger partial charge in [0.05, 0.1) is 5.02 Å². The zero-order valence-corrected chi connectivity index (χ0v) is 13.9. The van der Waals surface area contributed by atoms with Crippen LogP contribution in [0.5, 0.6) is 0 Å². The Bertz CT molecular complexity index is 412. The van der Waals surface area contributed by atoms with Gasteiger partial charge in [0.1, 0.15) is 5.82 Å². The van der Waals surface area contributed by atoms with Crippen molar-refractivity contribution in [2.75, 3.05) is 6.54 Å². The molecule has 114 valence electrons. The number of halogens is 2. The van der Waals surface area contributed by atoms with Gasteiger partial charge in [0.25, 0.3) is 0 Å². The second kappa shape index (κ2) is 7.99. The third-order valence-corrected chi connectivity index (χ3v) is 3.95. The molecule has 1 rings (SSSR count). The number of nitrogens with one attached hydrogen (secondary N) is 1. The summed E-state index contributed by atoms with van der Waals surface area (Å²) in [5.41, 5.74) is 0.947. The van der Waals surface area contributed by atoms with Gasteiger partial charge in [-0.25, -0.2) is 4.39 Å². The van der Waals surface area contributed by atoms with Gasteiger partial charge in [-0.15, -0.1) is 0 Å². The van der Waals surface area contributed by atoms with Crippen molar-refractivity contribution in [2.24, 2.45) is 5.41 Å². The number of hydrogen-bond acceptors (Lipinski definition) is 1. The van der Waals surface area contributed by atoms with Gasteiger partial charge in [0.15, 0.2) is 0 Å². The first kappa shape index (κ1) is 17.5. The van der Waals surface area contributed by atoms with Gasteiger partial charge < -0.3 is 5.32 Å². The van der Waals surface area contributed by atoms with Crippen LogP contribution in [-0.2, 0) is 6.42 Å². The summed E-state index contributed by atoms with van der Waals surface area (Å²) in [7, 11) is 0. The lowest BCUT2D eigenvalue weighted by Gasteiger charge is -2.32. The first-order valence-corrected chi connectivity index (χ1v) is 7.90. The van der Waals surface area contributed by atoms with E-state index < -0.39 is 0 Å². The van der Waals surface area contributed by atoms with Crippen LogP contribution in [-0.4, -0.2) is 12.6 Å². The summed E-state index contributed by atoms with van der Waals surface area (Å²) in [5.74, 6) is -0.261. The Hall–Kier alpha value is -0.600. The molecule has 0 spiro atoms. The van der Waals surface area contributed by atoms with Crippen LogP contribution in [0.25, 0.3) is 0 Å². The molecule has 0 amide bonds. The molecule has 1 nitrogen and oxygen atoms in total. The largest absolute Gasteiger partial charge is 0.313 e. The predicted molar refractivity (Wildman–Crippen MR) is 85.9 cm³/mol. The summed E-state index contributed by atoms with van der Waals surface area (Å²) < 4.78 is 13.8. The molecule has 0 aliphatic carbocycles. The van der Waals surface area contributed by atoms with E-state index in [0.717, 1.165) is 37.8 Å². The van der Waals surface area contributed by atoms with Gasteiger partial charge in [-0.1, -0.05) is 51.4 Å². The fraction of sp³-hybridized carbons (Fsp3) is 0.647. The molecule has 0 radical (unpaired) electrons. The maximum absolute atomic E-state index is 13.8. The van der Waals surface area contributed by atoms with Crippen LogP contribution in [0.4, 0.5) is 4.39 Å². The van der Waals surface area contributed by atoms with E-state index in [1.165, 1.54) is 0 Å². The van der Waals surface area contributed by atoms with Crippen molar-refractivity contribution in [1.82, 2.24) is 5.32 Å². The molecule has 0 heterocycles. The second-order valence-electron chi connectivity index (χ2n) is 6.48. The van der Waals surface area contributed by atoms with Crippen molar-refractivity contribution < 1.29 is 4.39 Å². The quantitative estimate of drug-likeness (QED) is 0.728. The van der Waals surface area contributed by atoms with E-state index in [-0.39, 0.29) is 16.3 Å². The first-order valence-electron chi connectivity index (χ1n) is 7.52. The van der Waals surface area contributed by atoms with Crippen LogP contribution in [0.2, 0.25) is 5.02 Å². The van der Waals surface area contributed by atoms with Crippen molar-refractivity contribution >= 4 is 11.6 Å². The number of aryl methyl sites for hydroxylation is 1. The van der Waals surface area contributed by atoms with E-state index in [2.05, 4.69) is 33.0 Å². The van der Waals surface area contributed by atoms with E-state index in [1.807, 2.05) is 12.1 Å². The first-order chi connectivity index (χ1) is 9.36. The molecule has 1 atom stereocenters. The van der Waals surface area contributed by atoms with Crippen molar-refractivity contribution in [1.29, 1.82) is 0 Å². The van der Waals surface area contributed by atoms with Crippen LogP contribution >= 0.6 is 11.6 Å². The smallest absolute Gasteiger partial charge is 0.144 e. The Morgan fingerprint density at radius 1 is 1.30 bits per heavy atom. The van der Waals surface area contributed by atoms with Crippen LogP contribution in [0.1, 0.15) is 52.5 Å². The summed E-state index contributed by atoms with van der Waals surface area (Å²) in [5, 5.41) is 3.82. The average molecular weight is 300 g/mol. The van der Waals surface area contributed by atoms with Crippen LogP contribution < -0.4 is 5.32 Å². The highest BCUT2D eigenvalue weighted by atomic mass is 35.5. The third-order valence-electron chi connectivity index (χ3n) is 3.66. The maximum atomic E-state index is 13.8. The standard InChI is InChI=1S/C17H27ClFN/c1-5-12-20-15(17(2,3)4)11-7-9-13-8-6-10-14(18)16(13)19/h6,8,10,15,20H,5,7,9,11-12H2,1-4H3. The van der Waals surface area contributed by atoms with E-state index in [0.29, 0.717) is 6.04 Å². The van der Waals surface area contributed by atoms with Crippen molar-refractivity contribution in [3.05, 3.63) is 34.6 Å². The zero-order chi connectivity index (χ0) is 15.2. The highest BCUT2D eigenvalue weighted by Crippen LogP contribution is 2.25. The second-order valence-corrected chi connectivity index (χ2v) is 6.89. The average Bonchev–Trinajstić information content (AvgIpc) is 2.37. The minimum absolute atomic E-state index is 0.221. The van der Waals surface area contributed by atoms with Gasteiger partial charge in [-0.2, -0.15) is 0 Å². The molecule has 0 aromatic heterocycles. The Balaban J connectivity index is 2.54. The van der Waals surface area contributed by atoms with Crippen LogP contribution in [0, 0.1) is 11.2 Å². The molecule has 1 aromatic carbocycles. The molecular formula is C17H27ClFN. The van der Waals surface area contributed by atoms with Gasteiger partial charge >= 0.3 is 0 Å². The molecule has 0 fully saturated rings. The van der Waals surface area contributed by atoms with Crippen LogP contribution in [0.3, 0.4) is 0 Å². The van der Waals surface area contributed by atoms with Gasteiger partial charge in [-0.05, 0) is 49.3 Å². The minimum Gasteiger partial charge on any atom is -0.313 e. The molecule has 0 aliphatic rings. The SMILES string of the molecule is CCCNC(CCCc1cccc(Cl)c1F)C(C)(C)C. The third kappa shape index (κ3) is 5.41. The van der Waals surface area contributed by atoms with E-state index in [9.17, 15) is 4.39 Å². The summed E-state index contributed by atoms with van der Waals surface area (Å²) in [4.78, 5) is 0. The highest BCUT2D eigenvalue weighted by molar-refractivity contribution is 6.30. The van der Waals surface area contributed by atoms with Gasteiger partial charge in [0, 0.05) is 6.04 Å². The molecule has 1 unspecified atom stereocenters. The molecule has 20 heavy (non-hydrogen) atoms. The lowest BCUT2D eigenvalue weighted by molar-refractivity contribution is 0.251. The predicted octanol–water partition coefficient (Wildman–Crippen LogP) is 5.22. The minimum atomic E-state index is -0.261. The van der Waals surface area contributed by atoms with Crippen molar-refractivity contribution in [2.45, 2.75) is 59.4 Å². The molecule has 1 aromatic rings. The molecule has 3 heteroatoms. The fourth-order valence-electron chi connectivity index (χ4n) is 2.40. The Labute approximate surface area is 127 Å². The van der Waals surface area contributed by atoms with E-state index >= 15 is 0 Å². The van der Waals surface area contributed by atoms with Crippen molar-refractivity contribution in [3.63, 3.8) is 0 Å². The topological polar surface area (TPSA) is 12.0 Å². The van der Waals surface area contributed by atoms with E-state index in [1.54, 1.807) is 6.07 Å². The number of rotatable bonds is 7. The number of benzene rings is 1. The Morgan fingerprint density at radius 2 is 2.00 bits per heavy atom. The molecular weight excluding hydrogens is 273 g/mol. The number of hydrogen-bond donors (Lipinski definition) is 1. The molecule has 1 N–H and O–H groups in total. The lowest BCUT2D eigenvalue weighted by atomic mass is 9.83. The molecule has 0 saturated heterocycles. The summed E-state index contributed by atoms with van der Waals surface area (Å²) >= 11 is 5.81. The summed E-state index contributed by atoms with van der Waals surface area (Å²) in [6.45, 7) is 9.96. The normalized spacial score (nSPS) is 13.5. The van der Waals surface area contributed by atoms with Gasteiger partial charge in [-0.3, -0.25) is 0 Å². The Morgan fingerprint density at radius 3 is 2.60 bits per heavy atom. The van der Waals surface area contributed by atoms with Crippen molar-refractivity contribution in [3.8, 4) is 0 Å². The summed E-state index contributed by atoms with van der Waals surface area (Å²) in [6, 6.07) is 5.70. The lowest BCUT2D eigenvalue weighted by Crippen LogP contribution is -2.40. The monoisotopic (exact) mass is 299 g/mol.